The van der Waals surface area contributed by atoms with E-state index in [1.54, 1.807) is 0 Å². The molecule has 110 valence electrons. The number of aliphatic hydroxyl groups is 1. The summed E-state index contributed by atoms with van der Waals surface area (Å²) in [6, 6.07) is 6.80. The molecule has 0 amide bonds. The number of aliphatic hydroxyl groups excluding tert-OH is 1. The maximum Gasteiger partial charge on any atom is 0.124 e. The van der Waals surface area contributed by atoms with Gasteiger partial charge in [0.25, 0.3) is 0 Å². The van der Waals surface area contributed by atoms with Crippen LogP contribution in [0.1, 0.15) is 55.7 Å². The lowest BCUT2D eigenvalue weighted by Crippen LogP contribution is -2.35. The first kappa shape index (κ1) is 13.9. The molecule has 3 atom stereocenters. The molecule has 1 saturated carbocycles. The molecule has 1 aromatic carbocycles. The molecule has 3 nitrogen and oxygen atoms in total. The van der Waals surface area contributed by atoms with Crippen molar-refractivity contribution in [1.82, 2.24) is 5.32 Å². The van der Waals surface area contributed by atoms with Crippen LogP contribution >= 0.6 is 0 Å². The highest BCUT2D eigenvalue weighted by Crippen LogP contribution is 2.36. The zero-order valence-corrected chi connectivity index (χ0v) is 12.3. The van der Waals surface area contributed by atoms with Crippen molar-refractivity contribution in [3.63, 3.8) is 0 Å². The Balaban J connectivity index is 1.83. The minimum atomic E-state index is -0.303. The fourth-order valence-corrected chi connectivity index (χ4v) is 3.60. The van der Waals surface area contributed by atoms with Gasteiger partial charge in [-0.25, -0.2) is 0 Å². The maximum atomic E-state index is 10.1. The van der Waals surface area contributed by atoms with E-state index in [2.05, 4.69) is 23.5 Å². The van der Waals surface area contributed by atoms with Crippen molar-refractivity contribution < 1.29 is 9.84 Å². The summed E-state index contributed by atoms with van der Waals surface area (Å²) in [5.41, 5.74) is 2.72. The van der Waals surface area contributed by atoms with Gasteiger partial charge in [0.15, 0.2) is 0 Å². The number of hydrogen-bond acceptors (Lipinski definition) is 3. The van der Waals surface area contributed by atoms with E-state index in [1.165, 1.54) is 24.0 Å². The van der Waals surface area contributed by atoms with Crippen LogP contribution < -0.4 is 10.1 Å². The van der Waals surface area contributed by atoms with Gasteiger partial charge < -0.3 is 15.2 Å². The number of fused-ring (bicyclic) bond motifs is 1. The number of hydrogen-bond donors (Lipinski definition) is 2. The van der Waals surface area contributed by atoms with Gasteiger partial charge in [0.05, 0.1) is 6.10 Å². The van der Waals surface area contributed by atoms with Crippen LogP contribution in [-0.4, -0.2) is 24.4 Å². The molecule has 3 rings (SSSR count). The first-order valence-corrected chi connectivity index (χ1v) is 7.93. The Morgan fingerprint density at radius 1 is 1.15 bits per heavy atom. The first-order chi connectivity index (χ1) is 9.79. The van der Waals surface area contributed by atoms with Crippen molar-refractivity contribution in [2.45, 2.75) is 63.2 Å². The molecule has 2 aliphatic carbocycles. The van der Waals surface area contributed by atoms with Crippen LogP contribution in [0.5, 0.6) is 5.75 Å². The molecule has 0 aliphatic heterocycles. The molecule has 0 aromatic heterocycles. The van der Waals surface area contributed by atoms with Gasteiger partial charge in [0, 0.05) is 6.04 Å². The van der Waals surface area contributed by atoms with Crippen LogP contribution in [0.25, 0.3) is 0 Å². The summed E-state index contributed by atoms with van der Waals surface area (Å²) < 4.78 is 6.18. The normalized spacial score (nSPS) is 29.8. The van der Waals surface area contributed by atoms with E-state index in [-0.39, 0.29) is 12.2 Å². The van der Waals surface area contributed by atoms with E-state index in [1.807, 2.05) is 7.05 Å². The molecule has 2 aliphatic rings. The van der Waals surface area contributed by atoms with Crippen LogP contribution in [0.2, 0.25) is 0 Å². The number of ether oxygens (including phenoxy) is 1. The zero-order chi connectivity index (χ0) is 13.9. The van der Waals surface area contributed by atoms with Gasteiger partial charge >= 0.3 is 0 Å². The molecule has 0 saturated heterocycles. The smallest absolute Gasteiger partial charge is 0.124 e. The summed E-state index contributed by atoms with van der Waals surface area (Å²) >= 11 is 0. The Hall–Kier alpha value is -1.06. The highest BCUT2D eigenvalue weighted by Gasteiger charge is 2.27. The molecule has 3 heteroatoms. The zero-order valence-electron chi connectivity index (χ0n) is 12.3. The summed E-state index contributed by atoms with van der Waals surface area (Å²) in [6.45, 7) is 0. The third-order valence-corrected chi connectivity index (χ3v) is 4.76. The van der Waals surface area contributed by atoms with E-state index >= 15 is 0 Å². The third-order valence-electron chi connectivity index (χ3n) is 4.76. The lowest BCUT2D eigenvalue weighted by molar-refractivity contribution is 0.00625. The van der Waals surface area contributed by atoms with Gasteiger partial charge in [-0.05, 0) is 62.8 Å². The standard InChI is InChI=1S/C17H25NO2/c1-18-14-8-4-7-13-12(14)6-5-11-16(13)20-17-10-3-2-9-15(17)19/h5-6,11,14-15,17-19H,2-4,7-10H2,1H3. The summed E-state index contributed by atoms with van der Waals surface area (Å²) in [5, 5.41) is 13.5. The van der Waals surface area contributed by atoms with E-state index in [0.29, 0.717) is 6.04 Å². The van der Waals surface area contributed by atoms with Gasteiger partial charge in [0.1, 0.15) is 11.9 Å². The van der Waals surface area contributed by atoms with Gasteiger partial charge in [-0.1, -0.05) is 18.6 Å². The van der Waals surface area contributed by atoms with E-state index < -0.39 is 0 Å². The Labute approximate surface area is 121 Å². The average molecular weight is 275 g/mol. The summed E-state index contributed by atoms with van der Waals surface area (Å²) in [4.78, 5) is 0. The molecule has 0 radical (unpaired) electrons. The van der Waals surface area contributed by atoms with Crippen molar-refractivity contribution in [2.75, 3.05) is 7.05 Å². The van der Waals surface area contributed by atoms with E-state index in [0.717, 1.165) is 37.9 Å². The molecule has 1 aromatic rings. The third kappa shape index (κ3) is 2.70. The molecule has 3 unspecified atom stereocenters. The average Bonchev–Trinajstić information content (AvgIpc) is 2.49. The van der Waals surface area contributed by atoms with Crippen molar-refractivity contribution in [2.24, 2.45) is 0 Å². The van der Waals surface area contributed by atoms with Crippen molar-refractivity contribution in [3.05, 3.63) is 29.3 Å². The molecule has 1 fully saturated rings. The first-order valence-electron chi connectivity index (χ1n) is 7.93. The van der Waals surface area contributed by atoms with Crippen LogP contribution in [0.15, 0.2) is 18.2 Å². The number of nitrogens with one attached hydrogen (secondary N) is 1. The lowest BCUT2D eigenvalue weighted by Gasteiger charge is -2.31. The fraction of sp³-hybridized carbons (Fsp3) is 0.647. The minimum Gasteiger partial charge on any atom is -0.487 e. The monoisotopic (exact) mass is 275 g/mol. The molecular weight excluding hydrogens is 250 g/mol. The van der Waals surface area contributed by atoms with Crippen LogP contribution in [-0.2, 0) is 6.42 Å². The topological polar surface area (TPSA) is 41.5 Å². The molecular formula is C17H25NO2. The van der Waals surface area contributed by atoms with Crippen molar-refractivity contribution in [3.8, 4) is 5.75 Å². The van der Waals surface area contributed by atoms with E-state index in [9.17, 15) is 5.11 Å². The minimum absolute atomic E-state index is 0.0230. The Bertz CT molecular complexity index is 460. The SMILES string of the molecule is CNC1CCCc2c(OC3CCCCC3O)cccc21. The van der Waals surface area contributed by atoms with Crippen LogP contribution in [0.4, 0.5) is 0 Å². The summed E-state index contributed by atoms with van der Waals surface area (Å²) in [7, 11) is 2.03. The molecule has 20 heavy (non-hydrogen) atoms. The Morgan fingerprint density at radius 2 is 2.00 bits per heavy atom. The van der Waals surface area contributed by atoms with Crippen molar-refractivity contribution >= 4 is 0 Å². The highest BCUT2D eigenvalue weighted by atomic mass is 16.5. The van der Waals surface area contributed by atoms with Gasteiger partial charge in [-0.15, -0.1) is 0 Å². The number of rotatable bonds is 3. The second kappa shape index (κ2) is 6.15. The van der Waals surface area contributed by atoms with Gasteiger partial charge in [0.2, 0.25) is 0 Å². The highest BCUT2D eigenvalue weighted by molar-refractivity contribution is 5.43. The quantitative estimate of drug-likeness (QED) is 0.891. The maximum absolute atomic E-state index is 10.1. The second-order valence-corrected chi connectivity index (χ2v) is 6.07. The van der Waals surface area contributed by atoms with Crippen LogP contribution in [0, 0.1) is 0 Å². The largest absolute Gasteiger partial charge is 0.487 e. The van der Waals surface area contributed by atoms with Gasteiger partial charge in [-0.2, -0.15) is 0 Å². The lowest BCUT2D eigenvalue weighted by atomic mass is 9.87. The second-order valence-electron chi connectivity index (χ2n) is 6.07. The predicted octanol–water partition coefficient (Wildman–Crippen LogP) is 2.97. The van der Waals surface area contributed by atoms with Crippen molar-refractivity contribution in [1.29, 1.82) is 0 Å². The molecule has 0 bridgehead atoms. The Morgan fingerprint density at radius 3 is 2.80 bits per heavy atom. The molecule has 0 spiro atoms. The summed E-state index contributed by atoms with van der Waals surface area (Å²) in [5.74, 6) is 0.994. The summed E-state index contributed by atoms with van der Waals surface area (Å²) in [6.07, 6.45) is 7.29. The number of benzene rings is 1. The van der Waals surface area contributed by atoms with E-state index in [4.69, 9.17) is 4.74 Å². The molecule has 2 N–H and O–H groups in total. The molecule has 0 heterocycles. The fourth-order valence-electron chi connectivity index (χ4n) is 3.60. The predicted molar refractivity (Wildman–Crippen MR) is 80.1 cm³/mol. The van der Waals surface area contributed by atoms with Crippen LogP contribution in [0.3, 0.4) is 0 Å². The van der Waals surface area contributed by atoms with Gasteiger partial charge in [-0.3, -0.25) is 0 Å². The Kier molecular flexibility index (Phi) is 4.27.